The molecule has 3 heteroatoms. The molecule has 3 aliphatic rings. The van der Waals surface area contributed by atoms with Crippen molar-refractivity contribution < 1.29 is 0 Å². The van der Waals surface area contributed by atoms with Crippen molar-refractivity contribution in [2.45, 2.75) is 76.5 Å². The first-order valence-corrected chi connectivity index (χ1v) is 8.46. The van der Waals surface area contributed by atoms with Gasteiger partial charge in [0.1, 0.15) is 0 Å². The van der Waals surface area contributed by atoms with E-state index in [2.05, 4.69) is 29.0 Å². The third kappa shape index (κ3) is 3.32. The summed E-state index contributed by atoms with van der Waals surface area (Å²) in [5.74, 6) is 0. The minimum Gasteiger partial charge on any atom is -0.312 e. The van der Waals surface area contributed by atoms with Crippen LogP contribution in [0.4, 0.5) is 0 Å². The molecule has 0 aromatic carbocycles. The van der Waals surface area contributed by atoms with Crippen LogP contribution in [0.2, 0.25) is 0 Å². The molecule has 0 saturated carbocycles. The van der Waals surface area contributed by atoms with E-state index in [-0.39, 0.29) is 0 Å². The summed E-state index contributed by atoms with van der Waals surface area (Å²) in [6, 6.07) is 3.16. The Morgan fingerprint density at radius 2 is 1.32 bits per heavy atom. The second-order valence-electron chi connectivity index (χ2n) is 7.09. The zero-order valence-electron chi connectivity index (χ0n) is 12.8. The largest absolute Gasteiger partial charge is 0.312 e. The predicted molar refractivity (Wildman–Crippen MR) is 80.5 cm³/mol. The van der Waals surface area contributed by atoms with Gasteiger partial charge in [-0.2, -0.15) is 0 Å². The molecule has 0 amide bonds. The minimum absolute atomic E-state index is 0.685. The van der Waals surface area contributed by atoms with Crippen LogP contribution >= 0.6 is 0 Å². The van der Waals surface area contributed by atoms with E-state index in [1.165, 1.54) is 64.7 Å². The van der Waals surface area contributed by atoms with E-state index in [1.807, 2.05) is 0 Å². The van der Waals surface area contributed by atoms with Crippen LogP contribution in [0.3, 0.4) is 0 Å². The van der Waals surface area contributed by atoms with E-state index < -0.39 is 0 Å². The van der Waals surface area contributed by atoms with Gasteiger partial charge < -0.3 is 15.1 Å². The highest BCUT2D eigenvalue weighted by atomic mass is 15.2. The first-order chi connectivity index (χ1) is 9.22. The molecular weight excluding hydrogens is 234 g/mol. The van der Waals surface area contributed by atoms with Crippen LogP contribution in [0.5, 0.6) is 0 Å². The van der Waals surface area contributed by atoms with Gasteiger partial charge in [0, 0.05) is 24.2 Å². The quantitative estimate of drug-likeness (QED) is 0.783. The molecular formula is C16H31N3. The summed E-state index contributed by atoms with van der Waals surface area (Å²) in [7, 11) is 0. The summed E-state index contributed by atoms with van der Waals surface area (Å²) < 4.78 is 0. The van der Waals surface area contributed by atoms with Gasteiger partial charge in [-0.1, -0.05) is 0 Å². The predicted octanol–water partition coefficient (Wildman–Crippen LogP) is 2.08. The molecule has 3 rings (SSSR count). The Labute approximate surface area is 118 Å². The Balaban J connectivity index is 1.57. The van der Waals surface area contributed by atoms with E-state index in [0.717, 1.165) is 12.1 Å². The fourth-order valence-electron chi connectivity index (χ4n) is 4.38. The van der Waals surface area contributed by atoms with Crippen molar-refractivity contribution in [3.8, 4) is 0 Å². The first-order valence-electron chi connectivity index (χ1n) is 8.46. The Morgan fingerprint density at radius 1 is 0.737 bits per heavy atom. The van der Waals surface area contributed by atoms with E-state index in [9.17, 15) is 0 Å². The Bertz CT molecular complexity index is 282. The molecule has 1 N–H and O–H groups in total. The lowest BCUT2D eigenvalue weighted by Crippen LogP contribution is -2.51. The van der Waals surface area contributed by atoms with Gasteiger partial charge in [0.25, 0.3) is 0 Å². The van der Waals surface area contributed by atoms with Crippen molar-refractivity contribution in [3.63, 3.8) is 0 Å². The van der Waals surface area contributed by atoms with Gasteiger partial charge >= 0.3 is 0 Å². The molecule has 4 atom stereocenters. The highest BCUT2D eigenvalue weighted by Crippen LogP contribution is 2.29. The molecule has 0 spiro atoms. The molecule has 4 unspecified atom stereocenters. The number of rotatable bonds is 1. The number of nitrogens with zero attached hydrogens (tertiary/aromatic N) is 2. The molecule has 110 valence electrons. The lowest BCUT2D eigenvalue weighted by Gasteiger charge is -2.42. The van der Waals surface area contributed by atoms with Crippen molar-refractivity contribution >= 4 is 0 Å². The van der Waals surface area contributed by atoms with Gasteiger partial charge in [-0.25, -0.2) is 0 Å². The molecule has 0 aromatic heterocycles. The maximum atomic E-state index is 3.71. The van der Waals surface area contributed by atoms with Crippen LogP contribution in [-0.2, 0) is 0 Å². The second-order valence-corrected chi connectivity index (χ2v) is 7.09. The summed E-state index contributed by atoms with van der Waals surface area (Å²) in [6.07, 6.45) is 8.38. The summed E-state index contributed by atoms with van der Waals surface area (Å²) in [4.78, 5) is 5.57. The standard InChI is InChI=1S/C16H31N3/c1-13-5-9-19(10-6-14(2)17-13)16-7-11-18-8-3-4-15(18)12-16/h13-17H,3-12H2,1-2H3. The monoisotopic (exact) mass is 265 g/mol. The molecule has 3 saturated heterocycles. The van der Waals surface area contributed by atoms with Gasteiger partial charge in [-0.15, -0.1) is 0 Å². The zero-order chi connectivity index (χ0) is 13.2. The molecule has 3 fully saturated rings. The number of fused-ring (bicyclic) bond motifs is 1. The summed E-state index contributed by atoms with van der Waals surface area (Å²) in [5.41, 5.74) is 0. The Kier molecular flexibility index (Phi) is 4.45. The molecule has 0 aliphatic carbocycles. The third-order valence-electron chi connectivity index (χ3n) is 5.58. The number of hydrogen-bond donors (Lipinski definition) is 1. The maximum Gasteiger partial charge on any atom is 0.0122 e. The van der Waals surface area contributed by atoms with Gasteiger partial charge in [0.15, 0.2) is 0 Å². The zero-order valence-corrected chi connectivity index (χ0v) is 12.8. The fourth-order valence-corrected chi connectivity index (χ4v) is 4.38. The van der Waals surface area contributed by atoms with E-state index in [4.69, 9.17) is 0 Å². The van der Waals surface area contributed by atoms with Gasteiger partial charge in [-0.3, -0.25) is 0 Å². The number of nitrogens with one attached hydrogen (secondary N) is 1. The first kappa shape index (κ1) is 13.8. The van der Waals surface area contributed by atoms with Crippen molar-refractivity contribution in [2.24, 2.45) is 0 Å². The van der Waals surface area contributed by atoms with Gasteiger partial charge in [0.05, 0.1) is 0 Å². The number of piperidine rings is 1. The maximum absolute atomic E-state index is 3.71. The lowest BCUT2D eigenvalue weighted by atomic mass is 9.95. The van der Waals surface area contributed by atoms with Crippen LogP contribution in [0, 0.1) is 0 Å². The Morgan fingerprint density at radius 3 is 2.05 bits per heavy atom. The summed E-state index contributed by atoms with van der Waals surface area (Å²) in [5, 5.41) is 3.71. The van der Waals surface area contributed by atoms with Crippen LogP contribution in [0.25, 0.3) is 0 Å². The van der Waals surface area contributed by atoms with Gasteiger partial charge in [-0.05, 0) is 78.6 Å². The number of hydrogen-bond acceptors (Lipinski definition) is 3. The van der Waals surface area contributed by atoms with E-state index >= 15 is 0 Å². The van der Waals surface area contributed by atoms with Crippen LogP contribution in [-0.4, -0.2) is 60.1 Å². The molecule has 3 aliphatic heterocycles. The Hall–Kier alpha value is -0.120. The summed E-state index contributed by atoms with van der Waals surface area (Å²) >= 11 is 0. The molecule has 3 heterocycles. The molecule has 0 radical (unpaired) electrons. The molecule has 3 nitrogen and oxygen atoms in total. The van der Waals surface area contributed by atoms with Crippen LogP contribution < -0.4 is 5.32 Å². The molecule has 0 aromatic rings. The molecule has 0 bridgehead atoms. The van der Waals surface area contributed by atoms with E-state index in [0.29, 0.717) is 12.1 Å². The smallest absolute Gasteiger partial charge is 0.0122 e. The summed E-state index contributed by atoms with van der Waals surface area (Å²) in [6.45, 7) is 10.0. The van der Waals surface area contributed by atoms with Crippen molar-refractivity contribution in [1.82, 2.24) is 15.1 Å². The van der Waals surface area contributed by atoms with Crippen molar-refractivity contribution in [3.05, 3.63) is 0 Å². The highest BCUT2D eigenvalue weighted by Gasteiger charge is 2.34. The van der Waals surface area contributed by atoms with Crippen LogP contribution in [0.15, 0.2) is 0 Å². The molecule has 19 heavy (non-hydrogen) atoms. The minimum atomic E-state index is 0.685. The fraction of sp³-hybridized carbons (Fsp3) is 1.00. The second kappa shape index (κ2) is 6.11. The van der Waals surface area contributed by atoms with E-state index in [1.54, 1.807) is 0 Å². The van der Waals surface area contributed by atoms with Gasteiger partial charge in [0.2, 0.25) is 0 Å². The lowest BCUT2D eigenvalue weighted by molar-refractivity contribution is 0.0766. The van der Waals surface area contributed by atoms with Crippen molar-refractivity contribution in [1.29, 1.82) is 0 Å². The third-order valence-corrected chi connectivity index (χ3v) is 5.58. The average molecular weight is 265 g/mol. The topological polar surface area (TPSA) is 18.5 Å². The van der Waals surface area contributed by atoms with Crippen molar-refractivity contribution in [2.75, 3.05) is 26.2 Å². The highest BCUT2D eigenvalue weighted by molar-refractivity contribution is 4.91. The SMILES string of the molecule is CC1CCN(C2CCN3CCCC3C2)CCC(C)N1. The normalized spacial score (nSPS) is 42.6. The van der Waals surface area contributed by atoms with Crippen LogP contribution in [0.1, 0.15) is 52.4 Å². The average Bonchev–Trinajstić information content (AvgIpc) is 2.83.